The number of anilines is 1. The first-order chi connectivity index (χ1) is 13.5. The number of ether oxygens (including phenoxy) is 2. The van der Waals surface area contributed by atoms with E-state index in [1.807, 2.05) is 25.1 Å². The second-order valence-electron chi connectivity index (χ2n) is 6.52. The second kappa shape index (κ2) is 8.89. The Balaban J connectivity index is 1.74. The Bertz CT molecular complexity index is 972. The minimum atomic E-state index is 0.578. The number of methoxy groups -OCH3 is 1. The largest absolute Gasteiger partial charge is 0.493 e. The Morgan fingerprint density at radius 1 is 1.11 bits per heavy atom. The first kappa shape index (κ1) is 19.9. The number of thiazole rings is 1. The number of nitrogens with zero attached hydrogens (tertiary/aromatic N) is 2. The standard InChI is InChI=1S/C22H25N3O2S/c1-6-27-20-11-17(7-8-19(20)26-5)12-23-25-22-24-18(13-28-22)21-15(3)9-14(2)10-16(21)4/h7-13H,6H2,1-5H3,(H,24,25)/b23-12-. The van der Waals surface area contributed by atoms with Gasteiger partial charge in [0.05, 0.1) is 25.6 Å². The van der Waals surface area contributed by atoms with Crippen LogP contribution in [0.5, 0.6) is 11.5 Å². The van der Waals surface area contributed by atoms with E-state index in [-0.39, 0.29) is 0 Å². The molecular formula is C22H25N3O2S. The van der Waals surface area contributed by atoms with Crippen LogP contribution in [0.25, 0.3) is 11.3 Å². The van der Waals surface area contributed by atoms with Gasteiger partial charge in [0.15, 0.2) is 11.5 Å². The zero-order valence-corrected chi connectivity index (χ0v) is 17.7. The lowest BCUT2D eigenvalue weighted by Gasteiger charge is -2.09. The third-order valence-electron chi connectivity index (χ3n) is 4.30. The summed E-state index contributed by atoms with van der Waals surface area (Å²) >= 11 is 1.54. The molecule has 0 unspecified atom stereocenters. The van der Waals surface area contributed by atoms with Crippen LogP contribution < -0.4 is 14.9 Å². The van der Waals surface area contributed by atoms with Crippen molar-refractivity contribution in [1.82, 2.24) is 4.98 Å². The molecular weight excluding hydrogens is 370 g/mol. The van der Waals surface area contributed by atoms with E-state index in [1.165, 1.54) is 33.6 Å². The van der Waals surface area contributed by atoms with Gasteiger partial charge in [0.25, 0.3) is 0 Å². The van der Waals surface area contributed by atoms with Crippen molar-refractivity contribution in [1.29, 1.82) is 0 Å². The van der Waals surface area contributed by atoms with Crippen molar-refractivity contribution in [3.8, 4) is 22.8 Å². The fourth-order valence-corrected chi connectivity index (χ4v) is 3.88. The SMILES string of the molecule is CCOc1cc(/C=N\Nc2nc(-c3c(C)cc(C)cc3C)cs2)ccc1OC. The number of benzene rings is 2. The molecule has 1 aromatic heterocycles. The van der Waals surface area contributed by atoms with E-state index in [0.717, 1.165) is 16.4 Å². The minimum absolute atomic E-state index is 0.578. The van der Waals surface area contributed by atoms with Crippen molar-refractivity contribution in [2.24, 2.45) is 5.10 Å². The minimum Gasteiger partial charge on any atom is -0.493 e. The Morgan fingerprint density at radius 3 is 2.54 bits per heavy atom. The molecule has 0 saturated carbocycles. The number of nitrogens with one attached hydrogen (secondary N) is 1. The average molecular weight is 396 g/mol. The van der Waals surface area contributed by atoms with Crippen molar-refractivity contribution < 1.29 is 9.47 Å². The van der Waals surface area contributed by atoms with Gasteiger partial charge in [-0.1, -0.05) is 17.7 Å². The molecule has 0 aliphatic rings. The van der Waals surface area contributed by atoms with E-state index in [9.17, 15) is 0 Å². The number of hydrazone groups is 1. The number of hydrogen-bond acceptors (Lipinski definition) is 6. The van der Waals surface area contributed by atoms with Gasteiger partial charge in [0.1, 0.15) is 0 Å². The lowest BCUT2D eigenvalue weighted by atomic mass is 9.98. The molecule has 0 aliphatic heterocycles. The molecule has 2 aromatic carbocycles. The zero-order valence-electron chi connectivity index (χ0n) is 16.9. The smallest absolute Gasteiger partial charge is 0.203 e. The lowest BCUT2D eigenvalue weighted by molar-refractivity contribution is 0.311. The van der Waals surface area contributed by atoms with Gasteiger partial charge in [-0.2, -0.15) is 5.10 Å². The Kier molecular flexibility index (Phi) is 6.31. The van der Waals surface area contributed by atoms with Crippen molar-refractivity contribution in [2.75, 3.05) is 19.1 Å². The van der Waals surface area contributed by atoms with Gasteiger partial charge < -0.3 is 9.47 Å². The molecule has 1 N–H and O–H groups in total. The van der Waals surface area contributed by atoms with Crippen LogP contribution in [0.4, 0.5) is 5.13 Å². The molecule has 28 heavy (non-hydrogen) atoms. The highest BCUT2D eigenvalue weighted by atomic mass is 32.1. The maximum Gasteiger partial charge on any atom is 0.203 e. The Hall–Kier alpha value is -2.86. The van der Waals surface area contributed by atoms with Crippen molar-refractivity contribution in [2.45, 2.75) is 27.7 Å². The number of rotatable bonds is 7. The maximum atomic E-state index is 5.60. The second-order valence-corrected chi connectivity index (χ2v) is 7.38. The van der Waals surface area contributed by atoms with Crippen molar-refractivity contribution in [3.63, 3.8) is 0 Å². The van der Waals surface area contributed by atoms with Gasteiger partial charge in [0.2, 0.25) is 5.13 Å². The van der Waals surface area contributed by atoms with E-state index >= 15 is 0 Å². The summed E-state index contributed by atoms with van der Waals surface area (Å²) in [5, 5.41) is 7.12. The van der Waals surface area contributed by atoms with Crippen LogP contribution in [0.3, 0.4) is 0 Å². The zero-order chi connectivity index (χ0) is 20.1. The predicted octanol–water partition coefficient (Wildman–Crippen LogP) is 5.59. The van der Waals surface area contributed by atoms with E-state index in [0.29, 0.717) is 18.1 Å². The quantitative estimate of drug-likeness (QED) is 0.419. The molecule has 0 atom stereocenters. The van der Waals surface area contributed by atoms with E-state index in [1.54, 1.807) is 13.3 Å². The van der Waals surface area contributed by atoms with Gasteiger partial charge in [-0.25, -0.2) is 4.98 Å². The van der Waals surface area contributed by atoms with E-state index in [4.69, 9.17) is 9.47 Å². The van der Waals surface area contributed by atoms with Crippen LogP contribution >= 0.6 is 11.3 Å². The van der Waals surface area contributed by atoms with Gasteiger partial charge in [-0.3, -0.25) is 5.43 Å². The van der Waals surface area contributed by atoms with Gasteiger partial charge in [0, 0.05) is 10.9 Å². The number of hydrogen-bond donors (Lipinski definition) is 1. The molecule has 0 bridgehead atoms. The molecule has 0 aliphatic carbocycles. The topological polar surface area (TPSA) is 55.7 Å². The molecule has 1 heterocycles. The molecule has 3 aromatic rings. The molecule has 3 rings (SSSR count). The highest BCUT2D eigenvalue weighted by molar-refractivity contribution is 7.14. The Morgan fingerprint density at radius 2 is 1.86 bits per heavy atom. The average Bonchev–Trinajstić information content (AvgIpc) is 3.10. The summed E-state index contributed by atoms with van der Waals surface area (Å²) < 4.78 is 10.9. The van der Waals surface area contributed by atoms with Crippen LogP contribution in [0.2, 0.25) is 0 Å². The van der Waals surface area contributed by atoms with Crippen LogP contribution in [-0.2, 0) is 0 Å². The first-order valence-corrected chi connectivity index (χ1v) is 10.0. The summed E-state index contributed by atoms with van der Waals surface area (Å²) in [4.78, 5) is 4.69. The summed E-state index contributed by atoms with van der Waals surface area (Å²) in [5.41, 5.74) is 9.83. The van der Waals surface area contributed by atoms with E-state index in [2.05, 4.69) is 53.8 Å². The van der Waals surface area contributed by atoms with Gasteiger partial charge in [-0.05, 0) is 62.6 Å². The normalized spacial score (nSPS) is 11.0. The first-order valence-electron chi connectivity index (χ1n) is 9.15. The highest BCUT2D eigenvalue weighted by Crippen LogP contribution is 2.31. The molecule has 0 radical (unpaired) electrons. The molecule has 146 valence electrons. The summed E-state index contributed by atoms with van der Waals surface area (Å²) in [6, 6.07) is 10.1. The lowest BCUT2D eigenvalue weighted by Crippen LogP contribution is -1.97. The third kappa shape index (κ3) is 4.51. The van der Waals surface area contributed by atoms with Crippen LogP contribution in [0.1, 0.15) is 29.2 Å². The highest BCUT2D eigenvalue weighted by Gasteiger charge is 2.10. The summed E-state index contributed by atoms with van der Waals surface area (Å²) in [7, 11) is 1.63. The van der Waals surface area contributed by atoms with Crippen molar-refractivity contribution >= 4 is 22.7 Å². The van der Waals surface area contributed by atoms with Crippen molar-refractivity contribution in [3.05, 3.63) is 58.0 Å². The molecule has 5 nitrogen and oxygen atoms in total. The molecule has 0 amide bonds. The summed E-state index contributed by atoms with van der Waals surface area (Å²) in [6.45, 7) is 8.88. The van der Waals surface area contributed by atoms with E-state index < -0.39 is 0 Å². The van der Waals surface area contributed by atoms with Crippen LogP contribution in [0, 0.1) is 20.8 Å². The molecule has 6 heteroatoms. The van der Waals surface area contributed by atoms with Crippen LogP contribution in [0.15, 0.2) is 40.8 Å². The third-order valence-corrected chi connectivity index (χ3v) is 5.05. The van der Waals surface area contributed by atoms with Gasteiger partial charge >= 0.3 is 0 Å². The van der Waals surface area contributed by atoms with Crippen LogP contribution in [-0.4, -0.2) is 24.9 Å². The molecule has 0 saturated heterocycles. The van der Waals surface area contributed by atoms with Gasteiger partial charge in [-0.15, -0.1) is 11.3 Å². The monoisotopic (exact) mass is 395 g/mol. The molecule has 0 fully saturated rings. The summed E-state index contributed by atoms with van der Waals surface area (Å²) in [6.07, 6.45) is 1.74. The fourth-order valence-electron chi connectivity index (χ4n) is 3.23. The number of aromatic nitrogens is 1. The summed E-state index contributed by atoms with van der Waals surface area (Å²) in [5.74, 6) is 1.41. The molecule has 0 spiro atoms. The Labute approximate surface area is 170 Å². The maximum absolute atomic E-state index is 5.60. The fraction of sp³-hybridized carbons (Fsp3) is 0.273. The number of aryl methyl sites for hydroxylation is 3. The predicted molar refractivity (Wildman–Crippen MR) is 117 cm³/mol.